The molecule has 0 amide bonds. The van der Waals surface area contributed by atoms with E-state index in [1.54, 1.807) is 12.1 Å². The molecular weight excluding hydrogens is 284 g/mol. The fourth-order valence-corrected chi connectivity index (χ4v) is 2.11. The molecule has 12 heavy (non-hydrogen) atoms. The smallest absolute Gasteiger partial charge is 0.185 e. The first-order chi connectivity index (χ1) is 5.63. The maximum atomic E-state index is 11.2. The number of rotatable bonds is 2. The van der Waals surface area contributed by atoms with E-state index in [1.165, 1.54) is 6.08 Å². The van der Waals surface area contributed by atoms with Crippen molar-refractivity contribution in [3.8, 4) is 0 Å². The average Bonchev–Trinajstić information content (AvgIpc) is 2.01. The topological polar surface area (TPSA) is 17.1 Å². The van der Waals surface area contributed by atoms with E-state index in [9.17, 15) is 4.79 Å². The number of carbonyl (C=O) groups excluding carboxylic acids is 1. The number of carbonyl (C=O) groups is 1. The van der Waals surface area contributed by atoms with Crippen LogP contribution < -0.4 is 0 Å². The maximum Gasteiger partial charge on any atom is 0.185 e. The highest BCUT2D eigenvalue weighted by Gasteiger charge is 2.02. The number of ketones is 1. The van der Waals surface area contributed by atoms with Crippen LogP contribution in [0.2, 0.25) is 0 Å². The van der Waals surface area contributed by atoms with Crippen molar-refractivity contribution in [2.24, 2.45) is 0 Å². The first-order valence-corrected chi connectivity index (χ1v) is 4.85. The van der Waals surface area contributed by atoms with Gasteiger partial charge in [-0.2, -0.15) is 0 Å². The standard InChI is InChI=1S/C9H6Br2O/c1-2-9(12)6-3-7(10)5-8(11)4-6/h2-5H,1H2. The Labute approximate surface area is 87.7 Å². The van der Waals surface area contributed by atoms with Crippen LogP contribution >= 0.6 is 31.9 Å². The summed E-state index contributed by atoms with van der Waals surface area (Å²) in [7, 11) is 0. The third-order valence-electron chi connectivity index (χ3n) is 1.33. The third kappa shape index (κ3) is 2.29. The molecule has 0 spiro atoms. The molecule has 0 saturated heterocycles. The second-order valence-corrected chi connectivity index (χ2v) is 4.06. The van der Waals surface area contributed by atoms with E-state index in [-0.39, 0.29) is 5.78 Å². The van der Waals surface area contributed by atoms with Crippen LogP contribution in [0.3, 0.4) is 0 Å². The van der Waals surface area contributed by atoms with E-state index < -0.39 is 0 Å². The summed E-state index contributed by atoms with van der Waals surface area (Å²) in [6, 6.07) is 5.39. The predicted octanol–water partition coefficient (Wildman–Crippen LogP) is 3.58. The number of halogens is 2. The minimum atomic E-state index is -0.0722. The molecule has 1 aromatic carbocycles. The molecule has 0 unspecified atom stereocenters. The monoisotopic (exact) mass is 288 g/mol. The minimum absolute atomic E-state index is 0.0722. The summed E-state index contributed by atoms with van der Waals surface area (Å²) in [5.41, 5.74) is 0.631. The zero-order valence-electron chi connectivity index (χ0n) is 6.18. The van der Waals surface area contributed by atoms with E-state index in [0.717, 1.165) is 8.95 Å². The van der Waals surface area contributed by atoms with E-state index >= 15 is 0 Å². The lowest BCUT2D eigenvalue weighted by molar-refractivity contribution is 0.104. The van der Waals surface area contributed by atoms with Crippen LogP contribution in [0.4, 0.5) is 0 Å². The van der Waals surface area contributed by atoms with Gasteiger partial charge in [0.25, 0.3) is 0 Å². The van der Waals surface area contributed by atoms with Crippen molar-refractivity contribution in [1.82, 2.24) is 0 Å². The highest BCUT2D eigenvalue weighted by molar-refractivity contribution is 9.11. The van der Waals surface area contributed by atoms with Gasteiger partial charge in [-0.15, -0.1) is 0 Å². The summed E-state index contributed by atoms with van der Waals surface area (Å²) in [6.07, 6.45) is 1.30. The minimum Gasteiger partial charge on any atom is -0.289 e. The average molecular weight is 290 g/mol. The third-order valence-corrected chi connectivity index (χ3v) is 2.25. The Bertz CT molecular complexity index is 311. The number of hydrogen-bond acceptors (Lipinski definition) is 1. The Balaban J connectivity index is 3.17. The lowest BCUT2D eigenvalue weighted by atomic mass is 10.1. The van der Waals surface area contributed by atoms with Gasteiger partial charge in [0, 0.05) is 14.5 Å². The Morgan fingerprint density at radius 1 is 1.25 bits per heavy atom. The second kappa shape index (κ2) is 4.01. The molecule has 0 fully saturated rings. The summed E-state index contributed by atoms with van der Waals surface area (Å²) in [4.78, 5) is 11.2. The maximum absolute atomic E-state index is 11.2. The van der Waals surface area contributed by atoms with E-state index in [0.29, 0.717) is 5.56 Å². The van der Waals surface area contributed by atoms with Crippen LogP contribution in [0.25, 0.3) is 0 Å². The zero-order chi connectivity index (χ0) is 9.14. The molecule has 3 heteroatoms. The van der Waals surface area contributed by atoms with Gasteiger partial charge < -0.3 is 0 Å². The summed E-state index contributed by atoms with van der Waals surface area (Å²) in [6.45, 7) is 3.42. The van der Waals surface area contributed by atoms with Crippen molar-refractivity contribution in [3.63, 3.8) is 0 Å². The molecule has 0 radical (unpaired) electrons. The molecule has 1 aromatic rings. The molecule has 1 nitrogen and oxygen atoms in total. The van der Waals surface area contributed by atoms with Gasteiger partial charge in [-0.1, -0.05) is 38.4 Å². The van der Waals surface area contributed by atoms with Gasteiger partial charge in [0.05, 0.1) is 0 Å². The highest BCUT2D eigenvalue weighted by Crippen LogP contribution is 2.20. The van der Waals surface area contributed by atoms with E-state index in [1.807, 2.05) is 6.07 Å². The predicted molar refractivity (Wildman–Crippen MR) is 56.4 cm³/mol. The Hall–Kier alpha value is -0.410. The van der Waals surface area contributed by atoms with Gasteiger partial charge in [0.1, 0.15) is 0 Å². The molecule has 0 atom stereocenters. The molecule has 1 rings (SSSR count). The summed E-state index contributed by atoms with van der Waals surface area (Å²) in [5, 5.41) is 0. The zero-order valence-corrected chi connectivity index (χ0v) is 9.35. The molecule has 0 aromatic heterocycles. The summed E-state index contributed by atoms with van der Waals surface area (Å²) in [5.74, 6) is -0.0722. The van der Waals surface area contributed by atoms with Crippen molar-refractivity contribution < 1.29 is 4.79 Å². The Morgan fingerprint density at radius 2 is 1.75 bits per heavy atom. The molecule has 0 aliphatic carbocycles. The Kier molecular flexibility index (Phi) is 3.23. The van der Waals surface area contributed by atoms with Gasteiger partial charge in [0.2, 0.25) is 0 Å². The second-order valence-electron chi connectivity index (χ2n) is 2.23. The van der Waals surface area contributed by atoms with Gasteiger partial charge >= 0.3 is 0 Å². The molecule has 0 aliphatic heterocycles. The number of allylic oxidation sites excluding steroid dienone is 1. The molecule has 0 heterocycles. The Morgan fingerprint density at radius 3 is 2.17 bits per heavy atom. The van der Waals surface area contributed by atoms with E-state index in [2.05, 4.69) is 38.4 Å². The van der Waals surface area contributed by atoms with Gasteiger partial charge in [-0.3, -0.25) is 4.79 Å². The largest absolute Gasteiger partial charge is 0.289 e. The lowest BCUT2D eigenvalue weighted by Gasteiger charge is -1.98. The van der Waals surface area contributed by atoms with Crippen molar-refractivity contribution in [2.45, 2.75) is 0 Å². The van der Waals surface area contributed by atoms with Crippen LogP contribution in [0.5, 0.6) is 0 Å². The highest BCUT2D eigenvalue weighted by atomic mass is 79.9. The van der Waals surface area contributed by atoms with Crippen molar-refractivity contribution in [2.75, 3.05) is 0 Å². The van der Waals surface area contributed by atoms with Crippen LogP contribution in [0, 0.1) is 0 Å². The summed E-state index contributed by atoms with van der Waals surface area (Å²) < 4.78 is 1.75. The fraction of sp³-hybridized carbons (Fsp3) is 0. The van der Waals surface area contributed by atoms with Crippen LogP contribution in [-0.4, -0.2) is 5.78 Å². The molecule has 0 saturated carbocycles. The summed E-state index contributed by atoms with van der Waals surface area (Å²) >= 11 is 6.59. The molecule has 0 bridgehead atoms. The lowest BCUT2D eigenvalue weighted by Crippen LogP contribution is -1.92. The van der Waals surface area contributed by atoms with Crippen molar-refractivity contribution in [1.29, 1.82) is 0 Å². The molecule has 0 N–H and O–H groups in total. The fourth-order valence-electron chi connectivity index (χ4n) is 0.814. The van der Waals surface area contributed by atoms with Crippen LogP contribution in [0.15, 0.2) is 39.8 Å². The van der Waals surface area contributed by atoms with Gasteiger partial charge in [-0.25, -0.2) is 0 Å². The quantitative estimate of drug-likeness (QED) is 0.601. The van der Waals surface area contributed by atoms with Crippen molar-refractivity contribution in [3.05, 3.63) is 45.4 Å². The number of benzene rings is 1. The van der Waals surface area contributed by atoms with Crippen molar-refractivity contribution >= 4 is 37.6 Å². The SMILES string of the molecule is C=CC(=O)c1cc(Br)cc(Br)c1. The number of hydrogen-bond donors (Lipinski definition) is 0. The van der Waals surface area contributed by atoms with E-state index in [4.69, 9.17) is 0 Å². The molecule has 0 aliphatic rings. The first-order valence-electron chi connectivity index (χ1n) is 3.26. The van der Waals surface area contributed by atoms with Crippen LogP contribution in [-0.2, 0) is 0 Å². The van der Waals surface area contributed by atoms with Crippen LogP contribution in [0.1, 0.15) is 10.4 Å². The normalized spacial score (nSPS) is 9.50. The van der Waals surface area contributed by atoms with Gasteiger partial charge in [-0.05, 0) is 24.3 Å². The molecule has 62 valence electrons. The first kappa shape index (κ1) is 9.68. The molecular formula is C9H6Br2O. The van der Waals surface area contributed by atoms with Gasteiger partial charge in [0.15, 0.2) is 5.78 Å².